The second-order valence-corrected chi connectivity index (χ2v) is 7.01. The van der Waals surface area contributed by atoms with E-state index < -0.39 is 0 Å². The number of carbonyl (C=O) groups excluding carboxylic acids is 1. The number of benzene rings is 1. The number of aryl methyl sites for hydroxylation is 2. The third-order valence-electron chi connectivity index (χ3n) is 5.08. The molecule has 6 nitrogen and oxygen atoms in total. The highest BCUT2D eigenvalue weighted by molar-refractivity contribution is 5.76. The lowest BCUT2D eigenvalue weighted by atomic mass is 10.0. The van der Waals surface area contributed by atoms with E-state index in [4.69, 9.17) is 0 Å². The van der Waals surface area contributed by atoms with Gasteiger partial charge in [-0.15, -0.1) is 10.2 Å². The van der Waals surface area contributed by atoms with Crippen LogP contribution in [0.1, 0.15) is 35.2 Å². The Hall–Kier alpha value is -3.02. The minimum absolute atomic E-state index is 0.156. The van der Waals surface area contributed by atoms with Gasteiger partial charge in [0.25, 0.3) is 0 Å². The average Bonchev–Trinajstić information content (AvgIpc) is 3.09. The molecule has 1 aromatic carbocycles. The number of hydrogen-bond acceptors (Lipinski definition) is 4. The molecule has 27 heavy (non-hydrogen) atoms. The molecule has 0 aliphatic carbocycles. The fraction of sp³-hybridized carbons (Fsp3) is 0.333. The van der Waals surface area contributed by atoms with Crippen molar-refractivity contribution in [3.8, 4) is 0 Å². The van der Waals surface area contributed by atoms with Gasteiger partial charge in [0.2, 0.25) is 5.91 Å². The third kappa shape index (κ3) is 3.89. The van der Waals surface area contributed by atoms with E-state index in [1.54, 1.807) is 6.20 Å². The van der Waals surface area contributed by atoms with Gasteiger partial charge in [-0.05, 0) is 37.0 Å². The molecule has 0 radical (unpaired) electrons. The van der Waals surface area contributed by atoms with Gasteiger partial charge in [-0.25, -0.2) is 0 Å². The molecular weight excluding hydrogens is 338 g/mol. The highest BCUT2D eigenvalue weighted by Crippen LogP contribution is 2.25. The third-order valence-corrected chi connectivity index (χ3v) is 5.08. The minimum atomic E-state index is 0.156. The van der Waals surface area contributed by atoms with Crippen LogP contribution in [0.25, 0.3) is 0 Å². The normalized spacial score (nSPS) is 16.2. The van der Waals surface area contributed by atoms with Crippen molar-refractivity contribution in [3.05, 3.63) is 77.6 Å². The Morgan fingerprint density at radius 2 is 1.93 bits per heavy atom. The Morgan fingerprint density at radius 1 is 1.11 bits per heavy atom. The smallest absolute Gasteiger partial charge is 0.223 e. The maximum atomic E-state index is 12.8. The quantitative estimate of drug-likeness (QED) is 0.701. The Balaban J connectivity index is 1.49. The lowest BCUT2D eigenvalue weighted by molar-refractivity contribution is -0.133. The van der Waals surface area contributed by atoms with Gasteiger partial charge in [0.1, 0.15) is 5.82 Å². The predicted octanol–water partition coefficient (Wildman–Crippen LogP) is 2.74. The van der Waals surface area contributed by atoms with Gasteiger partial charge < -0.3 is 9.47 Å². The molecule has 1 aliphatic heterocycles. The summed E-state index contributed by atoms with van der Waals surface area (Å²) in [5.74, 6) is 1.94. The molecule has 0 fully saturated rings. The van der Waals surface area contributed by atoms with Crippen LogP contribution >= 0.6 is 0 Å². The van der Waals surface area contributed by atoms with Crippen molar-refractivity contribution < 1.29 is 4.79 Å². The molecule has 0 spiro atoms. The lowest BCUT2D eigenvalue weighted by Crippen LogP contribution is -2.42. The molecule has 138 valence electrons. The van der Waals surface area contributed by atoms with Crippen LogP contribution in [0, 0.1) is 6.92 Å². The van der Waals surface area contributed by atoms with Gasteiger partial charge in [-0.1, -0.05) is 36.4 Å². The van der Waals surface area contributed by atoms with Crippen LogP contribution in [0.4, 0.5) is 0 Å². The summed E-state index contributed by atoms with van der Waals surface area (Å²) in [4.78, 5) is 18.9. The Morgan fingerprint density at radius 3 is 2.70 bits per heavy atom. The zero-order valence-electron chi connectivity index (χ0n) is 15.5. The number of pyridine rings is 1. The van der Waals surface area contributed by atoms with Crippen molar-refractivity contribution >= 4 is 5.91 Å². The van der Waals surface area contributed by atoms with Gasteiger partial charge in [0, 0.05) is 25.4 Å². The zero-order valence-corrected chi connectivity index (χ0v) is 15.5. The van der Waals surface area contributed by atoms with Crippen molar-refractivity contribution in [2.75, 3.05) is 6.54 Å². The van der Waals surface area contributed by atoms with E-state index >= 15 is 0 Å². The number of hydrogen-bond donors (Lipinski definition) is 0. The van der Waals surface area contributed by atoms with E-state index in [0.717, 1.165) is 23.6 Å². The molecule has 0 saturated carbocycles. The molecule has 2 aromatic heterocycles. The van der Waals surface area contributed by atoms with E-state index in [1.807, 2.05) is 36.2 Å². The minimum Gasteiger partial charge on any atom is -0.333 e. The SMILES string of the molecule is Cc1nnc2n1[C@H](Cc1ccccc1)CN(C(=O)CCc1cccnc1)C2. The van der Waals surface area contributed by atoms with Crippen LogP contribution < -0.4 is 0 Å². The number of amides is 1. The summed E-state index contributed by atoms with van der Waals surface area (Å²) in [7, 11) is 0. The van der Waals surface area contributed by atoms with Crippen LogP contribution in [0.5, 0.6) is 0 Å². The molecule has 1 atom stereocenters. The average molecular weight is 361 g/mol. The first-order chi connectivity index (χ1) is 13.2. The first-order valence-corrected chi connectivity index (χ1v) is 9.31. The van der Waals surface area contributed by atoms with Crippen molar-refractivity contribution in [1.29, 1.82) is 0 Å². The highest BCUT2D eigenvalue weighted by Gasteiger charge is 2.30. The fourth-order valence-electron chi connectivity index (χ4n) is 3.75. The maximum absolute atomic E-state index is 12.8. The highest BCUT2D eigenvalue weighted by atomic mass is 16.2. The molecule has 4 rings (SSSR count). The first-order valence-electron chi connectivity index (χ1n) is 9.31. The number of nitrogens with zero attached hydrogens (tertiary/aromatic N) is 5. The molecule has 3 aromatic rings. The fourth-order valence-corrected chi connectivity index (χ4v) is 3.75. The van der Waals surface area contributed by atoms with E-state index in [1.165, 1.54) is 5.56 Å². The summed E-state index contributed by atoms with van der Waals surface area (Å²) in [6, 6.07) is 14.5. The van der Waals surface area contributed by atoms with E-state index in [0.29, 0.717) is 25.9 Å². The molecule has 3 heterocycles. The largest absolute Gasteiger partial charge is 0.333 e. The predicted molar refractivity (Wildman–Crippen MR) is 102 cm³/mol. The molecule has 0 unspecified atom stereocenters. The van der Waals surface area contributed by atoms with Crippen molar-refractivity contribution in [2.45, 2.75) is 38.8 Å². The summed E-state index contributed by atoms with van der Waals surface area (Å²) >= 11 is 0. The summed E-state index contributed by atoms with van der Waals surface area (Å²) in [5.41, 5.74) is 2.34. The van der Waals surface area contributed by atoms with Gasteiger partial charge in [0.15, 0.2) is 5.82 Å². The molecule has 1 amide bonds. The number of rotatable bonds is 5. The number of carbonyl (C=O) groups is 1. The molecule has 0 N–H and O–H groups in total. The van der Waals surface area contributed by atoms with Crippen molar-refractivity contribution in [1.82, 2.24) is 24.6 Å². The first kappa shape index (κ1) is 17.4. The van der Waals surface area contributed by atoms with E-state index in [2.05, 4.69) is 44.0 Å². The number of aromatic nitrogens is 4. The van der Waals surface area contributed by atoms with Crippen LogP contribution in [0.15, 0.2) is 54.9 Å². The molecule has 0 bridgehead atoms. The lowest BCUT2D eigenvalue weighted by Gasteiger charge is -2.34. The standard InChI is InChI=1S/C21H23N5O/c1-16-23-24-20-15-25(21(27)10-9-18-8-5-11-22-13-18)14-19(26(16)20)12-17-6-3-2-4-7-17/h2-8,11,13,19H,9-10,12,14-15H2,1H3/t19-/m1/s1. The molecule has 6 heteroatoms. The summed E-state index contributed by atoms with van der Waals surface area (Å²) in [5, 5.41) is 8.55. The second kappa shape index (κ2) is 7.70. The summed E-state index contributed by atoms with van der Waals surface area (Å²) in [6.45, 7) is 3.19. The number of fused-ring (bicyclic) bond motifs is 1. The van der Waals surface area contributed by atoms with Crippen LogP contribution in [-0.2, 0) is 24.2 Å². The topological polar surface area (TPSA) is 63.9 Å². The second-order valence-electron chi connectivity index (χ2n) is 7.01. The van der Waals surface area contributed by atoms with Crippen molar-refractivity contribution in [2.24, 2.45) is 0 Å². The van der Waals surface area contributed by atoms with Crippen molar-refractivity contribution in [3.63, 3.8) is 0 Å². The monoisotopic (exact) mass is 361 g/mol. The summed E-state index contributed by atoms with van der Waals surface area (Å²) < 4.78 is 2.19. The molecular formula is C21H23N5O. The summed E-state index contributed by atoms with van der Waals surface area (Å²) in [6.07, 6.45) is 5.62. The Labute approximate surface area is 158 Å². The van der Waals surface area contributed by atoms with Crippen LogP contribution in [0.2, 0.25) is 0 Å². The van der Waals surface area contributed by atoms with Gasteiger partial charge in [0.05, 0.1) is 12.6 Å². The van der Waals surface area contributed by atoms with E-state index in [-0.39, 0.29) is 11.9 Å². The Bertz CT molecular complexity index is 907. The van der Waals surface area contributed by atoms with E-state index in [9.17, 15) is 4.79 Å². The Kier molecular flexibility index (Phi) is 4.96. The molecule has 1 aliphatic rings. The van der Waals surface area contributed by atoms with Gasteiger partial charge in [-0.3, -0.25) is 9.78 Å². The van der Waals surface area contributed by atoms with Crippen LogP contribution in [0.3, 0.4) is 0 Å². The molecule has 0 saturated heterocycles. The zero-order chi connectivity index (χ0) is 18.6. The van der Waals surface area contributed by atoms with Gasteiger partial charge in [-0.2, -0.15) is 0 Å². The van der Waals surface area contributed by atoms with Gasteiger partial charge >= 0.3 is 0 Å². The maximum Gasteiger partial charge on any atom is 0.223 e. The van der Waals surface area contributed by atoms with Crippen LogP contribution in [-0.4, -0.2) is 37.1 Å².